The van der Waals surface area contributed by atoms with Crippen molar-refractivity contribution < 1.29 is 21.2 Å². The van der Waals surface area contributed by atoms with Crippen molar-refractivity contribution in [2.24, 2.45) is 0 Å². The van der Waals surface area contributed by atoms with Crippen molar-refractivity contribution in [1.82, 2.24) is 14.0 Å². The first-order chi connectivity index (χ1) is 28.2. The van der Waals surface area contributed by atoms with E-state index in [1.807, 2.05) is 96.4 Å². The van der Waals surface area contributed by atoms with E-state index in [1.54, 1.807) is 34.9 Å². The molecule has 1 aliphatic heterocycles. The van der Waals surface area contributed by atoms with Crippen LogP contribution in [0.2, 0.25) is 26.2 Å². The maximum Gasteiger partial charge on any atom is 0.281 e. The van der Waals surface area contributed by atoms with Gasteiger partial charge in [-0.15, -0.1) is 0 Å². The smallest absolute Gasteiger partial charge is 0.281 e. The molecule has 0 spiro atoms. The van der Waals surface area contributed by atoms with Crippen LogP contribution in [-0.4, -0.2) is 30.6 Å². The Bertz CT molecular complexity index is 3040. The van der Waals surface area contributed by atoms with Gasteiger partial charge < -0.3 is 8.85 Å². The first-order valence-corrected chi connectivity index (χ1v) is 22.8. The first kappa shape index (κ1) is 23.2. The Morgan fingerprint density at radius 2 is 1.24 bits per heavy atom. The van der Waals surface area contributed by atoms with E-state index in [2.05, 4.69) is 13.1 Å². The highest BCUT2D eigenvalue weighted by atomic mass is 28.4. The predicted octanol–water partition coefficient (Wildman–Crippen LogP) is 9.99. The second-order valence-electron chi connectivity index (χ2n) is 14.1. The lowest BCUT2D eigenvalue weighted by Crippen LogP contribution is -2.58. The second-order valence-corrected chi connectivity index (χ2v) is 21.6. The molecule has 0 amide bonds. The van der Waals surface area contributed by atoms with Crippen LogP contribution >= 0.6 is 0 Å². The van der Waals surface area contributed by atoms with Crippen LogP contribution in [0.1, 0.15) is 29.0 Å². The summed E-state index contributed by atoms with van der Waals surface area (Å²) in [6.45, 7) is -0.380. The van der Waals surface area contributed by atoms with Crippen molar-refractivity contribution >= 4 is 54.9 Å². The van der Waals surface area contributed by atoms with Gasteiger partial charge in [-0.2, -0.15) is 0 Å². The molecule has 0 fully saturated rings. The molecule has 0 N–H and O–H groups in total. The standard InChI is InChI=1S/C44H41N3O2Si2/c1-28-26-27-32(30(3)42(28)33-17-15-24-40-43(33)51(6,7)48-39-23-12-13-25-41(39)50(4,5)49-40)31-16-14-22-35(29(31)2)46-37-20-10-11-21-38(37)47-36-19-9-8-18-34(36)45-44(46)47/h8-27H,1-7H3/i1D3,2D3,3D3. The van der Waals surface area contributed by atoms with Gasteiger partial charge in [0.1, 0.15) is 11.5 Å². The molecular formula is C44H41N3O2Si2. The Hall–Kier alpha value is -5.38. The Balaban J connectivity index is 1.39. The molecule has 7 heteroatoms. The van der Waals surface area contributed by atoms with Crippen LogP contribution in [0.4, 0.5) is 0 Å². The fraction of sp³-hybridized carbons (Fsp3) is 0.159. The number of rotatable bonds is 3. The van der Waals surface area contributed by atoms with E-state index >= 15 is 0 Å². The molecule has 0 radical (unpaired) electrons. The monoisotopic (exact) mass is 708 g/mol. The summed E-state index contributed by atoms with van der Waals surface area (Å²) in [6.07, 6.45) is 0. The van der Waals surface area contributed by atoms with Crippen molar-refractivity contribution in [1.29, 1.82) is 0 Å². The number of para-hydroxylation sites is 5. The fourth-order valence-corrected chi connectivity index (χ4v) is 12.5. The molecule has 51 heavy (non-hydrogen) atoms. The Labute approximate surface area is 313 Å². The number of nitrogens with zero attached hydrogens (tertiary/aromatic N) is 3. The number of hydrogen-bond donors (Lipinski definition) is 0. The summed E-state index contributed by atoms with van der Waals surface area (Å²) in [6, 6.07) is 36.3. The number of imidazole rings is 2. The number of fused-ring (bicyclic) bond motifs is 7. The van der Waals surface area contributed by atoms with Crippen molar-refractivity contribution in [2.45, 2.75) is 46.7 Å². The van der Waals surface area contributed by atoms with Gasteiger partial charge in [0, 0.05) is 22.7 Å². The van der Waals surface area contributed by atoms with Gasteiger partial charge in [0.2, 0.25) is 5.78 Å². The maximum atomic E-state index is 9.17. The van der Waals surface area contributed by atoms with E-state index in [9.17, 15) is 4.11 Å². The van der Waals surface area contributed by atoms with E-state index < -0.39 is 37.2 Å². The normalized spacial score (nSPS) is 18.2. The van der Waals surface area contributed by atoms with Crippen molar-refractivity contribution in [2.75, 3.05) is 0 Å². The lowest BCUT2D eigenvalue weighted by Gasteiger charge is -2.37. The molecule has 8 aromatic rings. The van der Waals surface area contributed by atoms with E-state index in [4.69, 9.17) is 22.1 Å². The zero-order valence-corrected chi connectivity index (χ0v) is 30.7. The van der Waals surface area contributed by atoms with Gasteiger partial charge >= 0.3 is 0 Å². The molecule has 0 aliphatic carbocycles. The molecule has 1 aliphatic rings. The molecule has 9 rings (SSSR count). The van der Waals surface area contributed by atoms with Gasteiger partial charge in [-0.3, -0.25) is 8.97 Å². The summed E-state index contributed by atoms with van der Waals surface area (Å²) in [5, 5.41) is 1.59. The van der Waals surface area contributed by atoms with Crippen LogP contribution in [0, 0.1) is 20.6 Å². The van der Waals surface area contributed by atoms with Gasteiger partial charge in [-0.25, -0.2) is 4.98 Å². The Morgan fingerprint density at radius 1 is 0.569 bits per heavy atom. The van der Waals surface area contributed by atoms with Crippen LogP contribution < -0.4 is 19.2 Å². The lowest BCUT2D eigenvalue weighted by molar-refractivity contribution is 0.534. The van der Waals surface area contributed by atoms with Gasteiger partial charge in [-0.05, 0) is 128 Å². The fourth-order valence-electron chi connectivity index (χ4n) is 7.80. The third-order valence-corrected chi connectivity index (χ3v) is 14.9. The summed E-state index contributed by atoms with van der Waals surface area (Å²) in [5.74, 6) is 1.68. The van der Waals surface area contributed by atoms with Crippen LogP contribution in [0.3, 0.4) is 0 Å². The highest BCUT2D eigenvalue weighted by Crippen LogP contribution is 2.40. The molecule has 3 heterocycles. The molecule has 0 bridgehead atoms. The molecule has 2 aromatic heterocycles. The van der Waals surface area contributed by atoms with E-state index in [-0.39, 0.29) is 39.1 Å². The number of aromatic nitrogens is 3. The third-order valence-electron chi connectivity index (χ3n) is 10.0. The lowest BCUT2D eigenvalue weighted by atomic mass is 9.87. The SMILES string of the molecule is [2H]C([2H])([2H])c1ccc(-c2cccc(-n3c4ccccc4n4c5ccccc5nc34)c2C([2H])([2H])[2H])c(C([2H])([2H])[2H])c1-c1cccc2c1[Si](C)(C)Oc1ccccc1[Si](C)(C)O2. The minimum absolute atomic E-state index is 0.0133. The molecule has 5 nitrogen and oxygen atoms in total. The van der Waals surface area contributed by atoms with Crippen molar-refractivity contribution in [3.8, 4) is 39.4 Å². The van der Waals surface area contributed by atoms with Gasteiger partial charge in [0.05, 0.1) is 27.8 Å². The van der Waals surface area contributed by atoms with E-state index in [0.29, 0.717) is 33.5 Å². The zero-order valence-electron chi connectivity index (χ0n) is 37.7. The average molecular weight is 709 g/mol. The number of benzene rings is 6. The summed E-state index contributed by atoms with van der Waals surface area (Å²) in [7, 11) is -5.82. The molecular weight excluding hydrogens is 659 g/mol. The van der Waals surface area contributed by atoms with Crippen LogP contribution in [0.25, 0.3) is 55.8 Å². The quantitative estimate of drug-likeness (QED) is 0.172. The van der Waals surface area contributed by atoms with E-state index in [1.165, 1.54) is 12.1 Å². The maximum absolute atomic E-state index is 9.17. The second kappa shape index (κ2) is 11.3. The predicted molar refractivity (Wildman–Crippen MR) is 217 cm³/mol. The molecule has 0 saturated heterocycles. The number of aryl methyl sites for hydroxylation is 1. The molecule has 252 valence electrons. The summed E-state index contributed by atoms with van der Waals surface area (Å²) in [4.78, 5) is 4.97. The highest BCUT2D eigenvalue weighted by molar-refractivity contribution is 6.90. The first-order valence-electron chi connectivity index (χ1n) is 21.5. The van der Waals surface area contributed by atoms with Crippen LogP contribution in [0.15, 0.2) is 121 Å². The third kappa shape index (κ3) is 4.75. The Kier molecular flexibility index (Phi) is 5.14. The molecule has 0 saturated carbocycles. The largest absolute Gasteiger partial charge is 0.539 e. The average Bonchev–Trinajstić information content (AvgIpc) is 3.70. The van der Waals surface area contributed by atoms with Gasteiger partial charge in [0.25, 0.3) is 16.6 Å². The van der Waals surface area contributed by atoms with Crippen molar-refractivity contribution in [3.05, 3.63) is 138 Å². The minimum Gasteiger partial charge on any atom is -0.539 e. The summed E-state index contributed by atoms with van der Waals surface area (Å²) in [5.41, 5.74) is 3.37. The highest BCUT2D eigenvalue weighted by Gasteiger charge is 2.42. The van der Waals surface area contributed by atoms with Crippen molar-refractivity contribution in [3.63, 3.8) is 0 Å². The van der Waals surface area contributed by atoms with Gasteiger partial charge in [-0.1, -0.05) is 78.9 Å². The topological polar surface area (TPSA) is 40.7 Å². The summed E-state index contributed by atoms with van der Waals surface area (Å²) < 4.78 is 98.8. The summed E-state index contributed by atoms with van der Waals surface area (Å²) >= 11 is 0. The van der Waals surface area contributed by atoms with Crippen LogP contribution in [-0.2, 0) is 0 Å². The zero-order chi connectivity index (χ0) is 42.7. The molecule has 6 aromatic carbocycles. The van der Waals surface area contributed by atoms with Gasteiger partial charge in [0.15, 0.2) is 0 Å². The molecule has 0 unspecified atom stereocenters. The minimum atomic E-state index is -3.12. The van der Waals surface area contributed by atoms with E-state index in [0.717, 1.165) is 21.7 Å². The number of hydrogen-bond acceptors (Lipinski definition) is 3. The van der Waals surface area contributed by atoms with Crippen LogP contribution in [0.5, 0.6) is 11.5 Å². The molecule has 0 atom stereocenters. The Morgan fingerprint density at radius 3 is 2.06 bits per heavy atom.